The van der Waals surface area contributed by atoms with Gasteiger partial charge in [0, 0.05) is 23.7 Å². The summed E-state index contributed by atoms with van der Waals surface area (Å²) < 4.78 is 18.6. The highest BCUT2D eigenvalue weighted by Crippen LogP contribution is 2.26. The number of halogens is 1. The molecule has 5 nitrogen and oxygen atoms in total. The number of nitrogens with two attached hydrogens (primary N) is 1. The van der Waals surface area contributed by atoms with Gasteiger partial charge < -0.3 is 15.8 Å². The first-order valence-electron chi connectivity index (χ1n) is 7.82. The van der Waals surface area contributed by atoms with Crippen LogP contribution in [0, 0.1) is 5.82 Å². The minimum absolute atomic E-state index is 0.291. The Hall–Kier alpha value is -2.57. The summed E-state index contributed by atoms with van der Waals surface area (Å²) in [6.07, 6.45) is 1.77. The summed E-state index contributed by atoms with van der Waals surface area (Å²) in [7, 11) is 0. The molecule has 3 heterocycles. The zero-order chi connectivity index (χ0) is 16.5. The Kier molecular flexibility index (Phi) is 3.84. The molecule has 0 saturated carbocycles. The van der Waals surface area contributed by atoms with E-state index >= 15 is 0 Å². The zero-order valence-corrected chi connectivity index (χ0v) is 13.0. The number of rotatable bonds is 4. The van der Waals surface area contributed by atoms with Gasteiger partial charge in [-0.05, 0) is 23.8 Å². The molecule has 3 N–H and O–H groups in total. The molecule has 0 aliphatic carbocycles. The highest BCUT2D eigenvalue weighted by Gasteiger charge is 2.18. The molecule has 0 radical (unpaired) electrons. The normalized spacial score (nSPS) is 14.7. The molecule has 1 aliphatic heterocycles. The highest BCUT2D eigenvalue weighted by molar-refractivity contribution is 5.91. The lowest BCUT2D eigenvalue weighted by atomic mass is 10.1. The Morgan fingerprint density at radius 3 is 2.88 bits per heavy atom. The Balaban J connectivity index is 1.71. The van der Waals surface area contributed by atoms with Crippen LogP contribution in [0.15, 0.2) is 42.6 Å². The van der Waals surface area contributed by atoms with Gasteiger partial charge in [0.1, 0.15) is 17.2 Å². The minimum atomic E-state index is -0.291. The van der Waals surface area contributed by atoms with Gasteiger partial charge in [0.05, 0.1) is 24.9 Å². The molecule has 24 heavy (non-hydrogen) atoms. The second kappa shape index (κ2) is 6.14. The van der Waals surface area contributed by atoms with E-state index in [1.54, 1.807) is 12.3 Å². The van der Waals surface area contributed by atoms with Crippen LogP contribution in [-0.2, 0) is 11.3 Å². The van der Waals surface area contributed by atoms with Crippen LogP contribution in [0.1, 0.15) is 5.56 Å². The van der Waals surface area contributed by atoms with E-state index < -0.39 is 0 Å². The maximum atomic E-state index is 13.4. The van der Waals surface area contributed by atoms with Crippen molar-refractivity contribution in [3.63, 3.8) is 0 Å². The molecular weight excluding hydrogens is 307 g/mol. The lowest BCUT2D eigenvalue weighted by molar-refractivity contribution is -0.00575. The molecule has 0 bridgehead atoms. The van der Waals surface area contributed by atoms with Gasteiger partial charge in [0.2, 0.25) is 0 Å². The molecule has 2 aromatic heterocycles. The third kappa shape index (κ3) is 2.81. The summed E-state index contributed by atoms with van der Waals surface area (Å²) in [4.78, 5) is 8.85. The van der Waals surface area contributed by atoms with Crippen molar-refractivity contribution in [2.75, 3.05) is 18.9 Å². The summed E-state index contributed by atoms with van der Waals surface area (Å²) in [5.74, 6) is 0.0835. The molecule has 6 heteroatoms. The fraction of sp³-hybridized carbons (Fsp3) is 0.222. The topological polar surface area (TPSA) is 73.1 Å². The van der Waals surface area contributed by atoms with Gasteiger partial charge in [-0.2, -0.15) is 0 Å². The molecule has 0 unspecified atom stereocenters. The first-order valence-corrected chi connectivity index (χ1v) is 7.82. The summed E-state index contributed by atoms with van der Waals surface area (Å²) in [5, 5.41) is 4.37. The predicted octanol–water partition coefficient (Wildman–Crippen LogP) is 2.51. The maximum absolute atomic E-state index is 13.4. The van der Waals surface area contributed by atoms with Gasteiger partial charge in [-0.15, -0.1) is 0 Å². The maximum Gasteiger partial charge on any atom is 0.149 e. The Bertz CT molecular complexity index is 895. The fourth-order valence-corrected chi connectivity index (χ4v) is 2.75. The van der Waals surface area contributed by atoms with Gasteiger partial charge in [-0.3, -0.25) is 0 Å². The number of nitrogen functional groups attached to an aromatic ring is 1. The van der Waals surface area contributed by atoms with E-state index in [0.29, 0.717) is 35.2 Å². The minimum Gasteiger partial charge on any atom is -0.382 e. The van der Waals surface area contributed by atoms with Crippen LogP contribution in [0.25, 0.3) is 22.2 Å². The standard InChI is InChI=1S/C18H17FN4O/c19-13-3-1-2-11(6-13)16-5-4-15-12(7-21-14-9-24-10-14)8-22-18(20)17(15)23-16/h1-6,8,14,21H,7,9-10H2,(H2,20,22). The van der Waals surface area contributed by atoms with E-state index in [9.17, 15) is 4.39 Å². The monoisotopic (exact) mass is 324 g/mol. The highest BCUT2D eigenvalue weighted by atomic mass is 19.1. The van der Waals surface area contributed by atoms with Gasteiger partial charge in [0.25, 0.3) is 0 Å². The molecular formula is C18H17FN4O. The van der Waals surface area contributed by atoms with Crippen molar-refractivity contribution in [2.45, 2.75) is 12.6 Å². The third-order valence-corrected chi connectivity index (χ3v) is 4.18. The van der Waals surface area contributed by atoms with Gasteiger partial charge in [-0.25, -0.2) is 14.4 Å². The molecule has 4 rings (SSSR count). The Morgan fingerprint density at radius 1 is 1.25 bits per heavy atom. The molecule has 0 amide bonds. The number of hydrogen-bond donors (Lipinski definition) is 2. The quantitative estimate of drug-likeness (QED) is 0.771. The number of anilines is 1. The number of ether oxygens (including phenoxy) is 1. The number of fused-ring (bicyclic) bond motifs is 1. The Morgan fingerprint density at radius 2 is 2.12 bits per heavy atom. The lowest BCUT2D eigenvalue weighted by Crippen LogP contribution is -2.45. The fourth-order valence-electron chi connectivity index (χ4n) is 2.75. The average Bonchev–Trinajstić information content (AvgIpc) is 2.55. The van der Waals surface area contributed by atoms with E-state index in [2.05, 4.69) is 15.3 Å². The van der Waals surface area contributed by atoms with Crippen molar-refractivity contribution in [3.8, 4) is 11.3 Å². The summed E-state index contributed by atoms with van der Waals surface area (Å²) in [6.45, 7) is 2.16. The van der Waals surface area contributed by atoms with Gasteiger partial charge in [0.15, 0.2) is 0 Å². The number of nitrogens with one attached hydrogen (secondary N) is 1. The van der Waals surface area contributed by atoms with E-state index in [-0.39, 0.29) is 5.82 Å². The van der Waals surface area contributed by atoms with Gasteiger partial charge in [-0.1, -0.05) is 18.2 Å². The van der Waals surface area contributed by atoms with Crippen LogP contribution in [0.2, 0.25) is 0 Å². The summed E-state index contributed by atoms with van der Waals surface area (Å²) in [5.41, 5.74) is 9.07. The van der Waals surface area contributed by atoms with Crippen LogP contribution in [0.3, 0.4) is 0 Å². The number of benzene rings is 1. The molecule has 0 spiro atoms. The van der Waals surface area contributed by atoms with E-state index in [1.165, 1.54) is 12.1 Å². The van der Waals surface area contributed by atoms with E-state index in [1.807, 2.05) is 18.2 Å². The second-order valence-electron chi connectivity index (χ2n) is 5.89. The SMILES string of the molecule is Nc1ncc(CNC2COC2)c2ccc(-c3cccc(F)c3)nc12. The number of pyridine rings is 2. The summed E-state index contributed by atoms with van der Waals surface area (Å²) in [6, 6.07) is 10.6. The molecule has 122 valence electrons. The summed E-state index contributed by atoms with van der Waals surface area (Å²) >= 11 is 0. The second-order valence-corrected chi connectivity index (χ2v) is 5.89. The third-order valence-electron chi connectivity index (χ3n) is 4.18. The van der Waals surface area contributed by atoms with Crippen LogP contribution in [0.4, 0.5) is 10.2 Å². The van der Waals surface area contributed by atoms with Gasteiger partial charge >= 0.3 is 0 Å². The lowest BCUT2D eigenvalue weighted by Gasteiger charge is -2.27. The van der Waals surface area contributed by atoms with Crippen molar-refractivity contribution in [2.24, 2.45) is 0 Å². The first kappa shape index (κ1) is 15.0. The van der Waals surface area contributed by atoms with E-state index in [4.69, 9.17) is 10.5 Å². The average molecular weight is 324 g/mol. The van der Waals surface area contributed by atoms with Crippen molar-refractivity contribution in [1.82, 2.24) is 15.3 Å². The molecule has 1 fully saturated rings. The molecule has 3 aromatic rings. The smallest absolute Gasteiger partial charge is 0.149 e. The molecule has 1 saturated heterocycles. The molecule has 1 aliphatic rings. The Labute approximate surface area is 138 Å². The van der Waals surface area contributed by atoms with Crippen LogP contribution in [0.5, 0.6) is 0 Å². The number of hydrogen-bond acceptors (Lipinski definition) is 5. The van der Waals surface area contributed by atoms with Crippen molar-refractivity contribution >= 4 is 16.7 Å². The predicted molar refractivity (Wildman–Crippen MR) is 90.8 cm³/mol. The van der Waals surface area contributed by atoms with Crippen LogP contribution < -0.4 is 11.1 Å². The molecule has 1 aromatic carbocycles. The van der Waals surface area contributed by atoms with E-state index in [0.717, 1.165) is 24.2 Å². The number of aromatic nitrogens is 2. The zero-order valence-electron chi connectivity index (χ0n) is 13.0. The van der Waals surface area contributed by atoms with Crippen LogP contribution in [-0.4, -0.2) is 29.2 Å². The number of nitrogens with zero attached hydrogens (tertiary/aromatic N) is 2. The first-order chi connectivity index (χ1) is 11.7. The molecule has 0 atom stereocenters. The van der Waals surface area contributed by atoms with Crippen LogP contribution >= 0.6 is 0 Å². The largest absolute Gasteiger partial charge is 0.382 e. The van der Waals surface area contributed by atoms with Crippen molar-refractivity contribution in [1.29, 1.82) is 0 Å². The van der Waals surface area contributed by atoms with Crippen molar-refractivity contribution < 1.29 is 9.13 Å². The van der Waals surface area contributed by atoms with Crippen molar-refractivity contribution in [3.05, 3.63) is 54.0 Å².